The van der Waals surface area contributed by atoms with Crippen LogP contribution in [-0.4, -0.2) is 11.1 Å². The predicted octanol–water partition coefficient (Wildman–Crippen LogP) is 5.31. The Morgan fingerprint density at radius 3 is 1.92 bits per heavy atom. The van der Waals surface area contributed by atoms with E-state index in [0.29, 0.717) is 16.7 Å². The lowest BCUT2D eigenvalue weighted by molar-refractivity contribution is 0.0697. The van der Waals surface area contributed by atoms with Gasteiger partial charge >= 0.3 is 5.97 Å². The summed E-state index contributed by atoms with van der Waals surface area (Å²) in [5, 5.41) is 9.34. The normalized spacial score (nSPS) is 10.6. The van der Waals surface area contributed by atoms with Crippen molar-refractivity contribution in [3.63, 3.8) is 0 Å². The Morgan fingerprint density at radius 2 is 1.33 bits per heavy atom. The molecule has 0 fully saturated rings. The van der Waals surface area contributed by atoms with Crippen LogP contribution in [0.3, 0.4) is 0 Å². The number of aryl methyl sites for hydroxylation is 1. The van der Waals surface area contributed by atoms with Gasteiger partial charge in [0.25, 0.3) is 0 Å². The van der Waals surface area contributed by atoms with Crippen molar-refractivity contribution < 1.29 is 18.7 Å². The first kappa shape index (κ1) is 15.9. The number of halogens is 2. The summed E-state index contributed by atoms with van der Waals surface area (Å²) < 4.78 is 26.6. The lowest BCUT2D eigenvalue weighted by atomic mass is 9.95. The molecule has 0 aliphatic carbocycles. The van der Waals surface area contributed by atoms with E-state index in [0.717, 1.165) is 23.3 Å². The van der Waals surface area contributed by atoms with E-state index in [-0.39, 0.29) is 5.56 Å². The Bertz CT molecular complexity index is 915. The summed E-state index contributed by atoms with van der Waals surface area (Å²) in [6.45, 7) is 1.96. The molecule has 3 rings (SSSR count). The minimum Gasteiger partial charge on any atom is -0.478 e. The van der Waals surface area contributed by atoms with Gasteiger partial charge in [-0.3, -0.25) is 0 Å². The summed E-state index contributed by atoms with van der Waals surface area (Å²) >= 11 is 0. The molecule has 0 aliphatic rings. The maximum Gasteiger partial charge on any atom is 0.335 e. The van der Waals surface area contributed by atoms with Crippen molar-refractivity contribution in [1.82, 2.24) is 0 Å². The van der Waals surface area contributed by atoms with E-state index >= 15 is 0 Å². The summed E-state index contributed by atoms with van der Waals surface area (Å²) in [5.74, 6) is -2.98. The van der Waals surface area contributed by atoms with Crippen LogP contribution in [0.1, 0.15) is 15.9 Å². The van der Waals surface area contributed by atoms with Crippen LogP contribution in [0.5, 0.6) is 0 Å². The third kappa shape index (κ3) is 3.18. The number of benzene rings is 3. The number of hydrogen-bond donors (Lipinski definition) is 1. The predicted molar refractivity (Wildman–Crippen MR) is 88.9 cm³/mol. The van der Waals surface area contributed by atoms with Gasteiger partial charge in [0, 0.05) is 0 Å². The summed E-state index contributed by atoms with van der Waals surface area (Å²) in [4.78, 5) is 11.4. The van der Waals surface area contributed by atoms with Crippen molar-refractivity contribution in [1.29, 1.82) is 0 Å². The summed E-state index contributed by atoms with van der Waals surface area (Å²) in [7, 11) is 0. The van der Waals surface area contributed by atoms with Crippen molar-refractivity contribution in [3.8, 4) is 22.3 Å². The second kappa shape index (κ2) is 6.24. The first-order chi connectivity index (χ1) is 11.4. The molecule has 1 N–H and O–H groups in total. The lowest BCUT2D eigenvalue weighted by Gasteiger charge is -2.09. The molecule has 0 spiro atoms. The van der Waals surface area contributed by atoms with Gasteiger partial charge in [-0.25, -0.2) is 13.6 Å². The van der Waals surface area contributed by atoms with Crippen molar-refractivity contribution in [2.75, 3.05) is 0 Å². The highest BCUT2D eigenvalue weighted by Gasteiger charge is 2.11. The Morgan fingerprint density at radius 1 is 0.750 bits per heavy atom. The van der Waals surface area contributed by atoms with Crippen LogP contribution in [0.15, 0.2) is 60.7 Å². The summed E-state index contributed by atoms with van der Waals surface area (Å²) in [6.07, 6.45) is 0. The zero-order valence-corrected chi connectivity index (χ0v) is 12.9. The number of aromatic carboxylic acids is 1. The van der Waals surface area contributed by atoms with E-state index in [9.17, 15) is 18.7 Å². The molecule has 0 aromatic heterocycles. The van der Waals surface area contributed by atoms with Crippen molar-refractivity contribution in [3.05, 3.63) is 83.4 Å². The average Bonchev–Trinajstić information content (AvgIpc) is 2.57. The topological polar surface area (TPSA) is 37.3 Å². The minimum absolute atomic E-state index is 0.0906. The molecule has 3 aromatic rings. The van der Waals surface area contributed by atoms with Crippen LogP contribution in [0.4, 0.5) is 8.78 Å². The number of carboxylic acid groups (broad SMARTS) is 1. The van der Waals surface area contributed by atoms with Gasteiger partial charge in [-0.05, 0) is 59.5 Å². The largest absolute Gasteiger partial charge is 0.478 e. The minimum atomic E-state index is -1.08. The number of carbonyl (C=O) groups is 1. The van der Waals surface area contributed by atoms with Gasteiger partial charge in [-0.2, -0.15) is 0 Å². The van der Waals surface area contributed by atoms with Crippen LogP contribution in [0.25, 0.3) is 22.3 Å². The summed E-state index contributed by atoms with van der Waals surface area (Å²) in [6, 6.07) is 16.0. The standard InChI is InChI=1S/C20H14F2O2/c1-12-2-4-13(5-3-12)15-8-16(10-17(9-15)20(23)24)14-6-7-18(21)19(22)11-14/h2-11H,1H3,(H,23,24). The first-order valence-corrected chi connectivity index (χ1v) is 7.35. The highest BCUT2D eigenvalue weighted by Crippen LogP contribution is 2.29. The highest BCUT2D eigenvalue weighted by atomic mass is 19.2. The lowest BCUT2D eigenvalue weighted by Crippen LogP contribution is -1.98. The molecular weight excluding hydrogens is 310 g/mol. The maximum absolute atomic E-state index is 13.5. The van der Waals surface area contributed by atoms with E-state index in [4.69, 9.17) is 0 Å². The van der Waals surface area contributed by atoms with Crippen molar-refractivity contribution in [2.24, 2.45) is 0 Å². The van der Waals surface area contributed by atoms with Gasteiger partial charge in [0.2, 0.25) is 0 Å². The van der Waals surface area contributed by atoms with E-state index in [2.05, 4.69) is 0 Å². The van der Waals surface area contributed by atoms with E-state index in [1.54, 1.807) is 12.1 Å². The average molecular weight is 324 g/mol. The van der Waals surface area contributed by atoms with Crippen molar-refractivity contribution >= 4 is 5.97 Å². The van der Waals surface area contributed by atoms with Gasteiger partial charge in [0.1, 0.15) is 0 Å². The number of hydrogen-bond acceptors (Lipinski definition) is 1. The molecule has 0 unspecified atom stereocenters. The molecule has 0 bridgehead atoms. The van der Waals surface area contributed by atoms with Crippen molar-refractivity contribution in [2.45, 2.75) is 6.92 Å². The van der Waals surface area contributed by atoms with Gasteiger partial charge in [0.05, 0.1) is 5.56 Å². The van der Waals surface area contributed by atoms with E-state index < -0.39 is 17.6 Å². The van der Waals surface area contributed by atoms with Gasteiger partial charge < -0.3 is 5.11 Å². The quantitative estimate of drug-likeness (QED) is 0.709. The zero-order valence-electron chi connectivity index (χ0n) is 12.9. The zero-order chi connectivity index (χ0) is 17.3. The number of carboxylic acids is 1. The second-order valence-electron chi connectivity index (χ2n) is 5.60. The Hall–Kier alpha value is -3.01. The fraction of sp³-hybridized carbons (Fsp3) is 0.0500. The summed E-state index contributed by atoms with van der Waals surface area (Å²) in [5.41, 5.74) is 3.68. The van der Waals surface area contributed by atoms with Crippen LogP contribution < -0.4 is 0 Å². The van der Waals surface area contributed by atoms with Crippen LogP contribution in [0.2, 0.25) is 0 Å². The molecule has 2 nitrogen and oxygen atoms in total. The number of rotatable bonds is 3. The van der Waals surface area contributed by atoms with Crippen LogP contribution >= 0.6 is 0 Å². The fourth-order valence-electron chi connectivity index (χ4n) is 2.51. The van der Waals surface area contributed by atoms with Crippen LogP contribution in [-0.2, 0) is 0 Å². The fourth-order valence-corrected chi connectivity index (χ4v) is 2.51. The third-order valence-corrected chi connectivity index (χ3v) is 3.82. The molecule has 24 heavy (non-hydrogen) atoms. The maximum atomic E-state index is 13.5. The van der Waals surface area contributed by atoms with Crippen LogP contribution in [0, 0.1) is 18.6 Å². The Kier molecular flexibility index (Phi) is 4.13. The molecule has 3 aromatic carbocycles. The first-order valence-electron chi connectivity index (χ1n) is 7.35. The van der Waals surface area contributed by atoms with Gasteiger partial charge in [0.15, 0.2) is 11.6 Å². The molecule has 4 heteroatoms. The molecule has 0 saturated heterocycles. The van der Waals surface area contributed by atoms with E-state index in [1.807, 2.05) is 31.2 Å². The molecule has 0 aliphatic heterocycles. The second-order valence-corrected chi connectivity index (χ2v) is 5.60. The Labute approximate surface area is 138 Å². The Balaban J connectivity index is 2.17. The molecule has 120 valence electrons. The molecule has 0 radical (unpaired) electrons. The SMILES string of the molecule is Cc1ccc(-c2cc(C(=O)O)cc(-c3ccc(F)c(F)c3)c2)cc1. The monoisotopic (exact) mass is 324 g/mol. The van der Waals surface area contributed by atoms with E-state index in [1.165, 1.54) is 12.1 Å². The molecule has 0 heterocycles. The molecular formula is C20H14F2O2. The molecule has 0 atom stereocenters. The third-order valence-electron chi connectivity index (χ3n) is 3.82. The smallest absolute Gasteiger partial charge is 0.335 e. The molecule has 0 amide bonds. The highest BCUT2D eigenvalue weighted by molar-refractivity contribution is 5.92. The van der Waals surface area contributed by atoms with Gasteiger partial charge in [-0.1, -0.05) is 35.9 Å². The van der Waals surface area contributed by atoms with Gasteiger partial charge in [-0.15, -0.1) is 0 Å². The molecule has 0 saturated carbocycles.